The van der Waals surface area contributed by atoms with Crippen LogP contribution in [0.4, 0.5) is 0 Å². The number of hydrogen-bond acceptors (Lipinski definition) is 0. The van der Waals surface area contributed by atoms with Crippen molar-refractivity contribution >= 4 is 37.7 Å². The number of rotatable bonds is 3. The molecular weight excluding hydrogens is 126 g/mol. The van der Waals surface area contributed by atoms with E-state index in [0.717, 1.165) is 0 Å². The van der Waals surface area contributed by atoms with E-state index in [1.54, 1.807) is 0 Å². The first kappa shape index (κ1) is 16.1. The van der Waals surface area contributed by atoms with Crippen LogP contribution in [0.3, 0.4) is 0 Å². The van der Waals surface area contributed by atoms with Crippen molar-refractivity contribution in [3.05, 3.63) is 0 Å². The van der Waals surface area contributed by atoms with E-state index < -0.39 is 0 Å². The molecule has 0 rings (SSSR count). The van der Waals surface area contributed by atoms with Crippen molar-refractivity contribution in [2.45, 2.75) is 39.5 Å². The van der Waals surface area contributed by atoms with Crippen LogP contribution in [0.2, 0.25) is 0 Å². The Morgan fingerprint density at radius 2 is 1.25 bits per heavy atom. The largest absolute Gasteiger partial charge is 2.00 e. The van der Waals surface area contributed by atoms with Gasteiger partial charge in [-0.15, -0.1) is 0 Å². The number of hydrogen-bond donors (Lipinski definition) is 0. The smallest absolute Gasteiger partial charge is 1.00 e. The summed E-state index contributed by atoms with van der Waals surface area (Å²) < 4.78 is 0. The first-order chi connectivity index (χ1) is 2.91. The minimum atomic E-state index is 0. The minimum Gasteiger partial charge on any atom is -1.00 e. The van der Waals surface area contributed by atoms with Gasteiger partial charge in [0.15, 0.2) is 0 Å². The van der Waals surface area contributed by atoms with Crippen LogP contribution in [0.25, 0.3) is 0 Å². The topological polar surface area (TPSA) is 30.5 Å². The van der Waals surface area contributed by atoms with Gasteiger partial charge in [0.25, 0.3) is 0 Å². The van der Waals surface area contributed by atoms with Gasteiger partial charge in [-0.3, -0.25) is 0 Å². The summed E-state index contributed by atoms with van der Waals surface area (Å²) in [5.74, 6) is 0. The van der Waals surface area contributed by atoms with Crippen molar-refractivity contribution < 1.29 is 2.85 Å². The molecule has 0 heterocycles. The van der Waals surface area contributed by atoms with E-state index in [-0.39, 0.29) is 46.7 Å². The molecule has 3 radical (unpaired) electrons. The molecule has 2 heteroatoms. The first-order valence-corrected chi connectivity index (χ1v) is 2.91. The van der Waals surface area contributed by atoms with Crippen LogP contribution >= 0.6 is 0 Å². The zero-order valence-electron chi connectivity index (χ0n) is 7.98. The Hall–Kier alpha value is 1.22. The number of nitrogens with zero attached hydrogens (tertiary/aromatic N) is 1. The average Bonchev–Trinajstić information content (AvgIpc) is 1.61. The Morgan fingerprint density at radius 1 is 1.00 bits per heavy atom. The molecule has 0 N–H and O–H groups in total. The van der Waals surface area contributed by atoms with Crippen molar-refractivity contribution in [3.8, 4) is 0 Å². The number of unbranched alkanes of at least 4 members (excludes halogenated alkanes) is 3. The molecule has 0 aliphatic carbocycles. The van der Waals surface area contributed by atoms with Crippen molar-refractivity contribution in [2.24, 2.45) is 0 Å². The maximum Gasteiger partial charge on any atom is 2.00 e. The Kier molecular flexibility index (Phi) is 31.7. The van der Waals surface area contributed by atoms with Gasteiger partial charge in [-0.05, 0) is 0 Å². The van der Waals surface area contributed by atoms with Gasteiger partial charge in [-0.25, -0.2) is 0 Å². The second-order valence-electron chi connectivity index (χ2n) is 1.71. The second-order valence-corrected chi connectivity index (χ2v) is 1.71. The van der Waals surface area contributed by atoms with E-state index in [9.17, 15) is 0 Å². The van der Waals surface area contributed by atoms with E-state index >= 15 is 0 Å². The van der Waals surface area contributed by atoms with Crippen LogP contribution in [0.1, 0.15) is 42.4 Å². The van der Waals surface area contributed by atoms with E-state index in [1.165, 1.54) is 25.7 Å². The minimum absolute atomic E-state index is 0. The normalized spacial score (nSPS) is 6.75. The standard InChI is InChI=1S/C6H14.Ca.N.2H/c1-3-5-6-4-2;;;;/h3-6H2,1-2H3;;;;/q;+2;;2*-1. The van der Waals surface area contributed by atoms with Crippen LogP contribution in [-0.2, 0) is 0 Å². The Balaban J connectivity index is -0.0000000208. The molecule has 0 saturated heterocycles. The van der Waals surface area contributed by atoms with Crippen LogP contribution in [-0.4, -0.2) is 37.7 Å². The monoisotopic (exact) mass is 142 g/mol. The molecule has 0 aromatic rings. The summed E-state index contributed by atoms with van der Waals surface area (Å²) in [5, 5.41) is 0. The van der Waals surface area contributed by atoms with Crippen molar-refractivity contribution in [1.29, 1.82) is 0 Å². The predicted molar refractivity (Wildman–Crippen MR) is 39.9 cm³/mol. The predicted octanol–water partition coefficient (Wildman–Crippen LogP) is 1.95. The van der Waals surface area contributed by atoms with Crippen LogP contribution in [0.15, 0.2) is 0 Å². The van der Waals surface area contributed by atoms with Gasteiger partial charge in [-0.2, -0.15) is 0 Å². The molecule has 0 aliphatic rings. The Labute approximate surface area is 85.8 Å². The van der Waals surface area contributed by atoms with Crippen LogP contribution in [0.5, 0.6) is 0 Å². The second kappa shape index (κ2) is 15.7. The Bertz CT molecular complexity index is 27.7. The summed E-state index contributed by atoms with van der Waals surface area (Å²) in [5.41, 5.74) is 0. The zero-order valence-corrected chi connectivity index (χ0v) is 8.19. The van der Waals surface area contributed by atoms with E-state index in [1.807, 2.05) is 0 Å². The van der Waals surface area contributed by atoms with Crippen molar-refractivity contribution in [1.82, 2.24) is 6.15 Å². The van der Waals surface area contributed by atoms with Gasteiger partial charge in [0.1, 0.15) is 0 Å². The van der Waals surface area contributed by atoms with Gasteiger partial charge in [0.05, 0.1) is 0 Å². The van der Waals surface area contributed by atoms with Gasteiger partial charge < -0.3 is 2.85 Å². The summed E-state index contributed by atoms with van der Waals surface area (Å²) in [6.07, 6.45) is 5.54. The molecule has 0 aromatic heterocycles. The van der Waals surface area contributed by atoms with Gasteiger partial charge in [0.2, 0.25) is 0 Å². The fourth-order valence-corrected chi connectivity index (χ4v) is 0.500. The molecule has 0 bridgehead atoms. The van der Waals surface area contributed by atoms with E-state index in [2.05, 4.69) is 13.8 Å². The fraction of sp³-hybridized carbons (Fsp3) is 1.00. The summed E-state index contributed by atoms with van der Waals surface area (Å²) in [6.45, 7) is 4.46. The molecule has 0 amide bonds. The molecule has 0 saturated carbocycles. The molecule has 0 aromatic carbocycles. The molecular formula is C6H16CaN. The van der Waals surface area contributed by atoms with Gasteiger partial charge in [-0.1, -0.05) is 39.5 Å². The van der Waals surface area contributed by atoms with Gasteiger partial charge in [0, 0.05) is 6.15 Å². The Morgan fingerprint density at radius 3 is 1.38 bits per heavy atom. The summed E-state index contributed by atoms with van der Waals surface area (Å²) in [4.78, 5) is 0. The third-order valence-corrected chi connectivity index (χ3v) is 0.957. The zero-order chi connectivity index (χ0) is 4.83. The molecule has 0 aliphatic heterocycles. The molecule has 47 valence electrons. The van der Waals surface area contributed by atoms with Gasteiger partial charge >= 0.3 is 37.7 Å². The molecule has 0 atom stereocenters. The molecule has 0 spiro atoms. The molecule has 8 heavy (non-hydrogen) atoms. The van der Waals surface area contributed by atoms with E-state index in [4.69, 9.17) is 0 Å². The molecule has 0 unspecified atom stereocenters. The fourth-order valence-electron chi connectivity index (χ4n) is 0.500. The van der Waals surface area contributed by atoms with E-state index in [0.29, 0.717) is 0 Å². The third-order valence-electron chi connectivity index (χ3n) is 0.957. The quantitative estimate of drug-likeness (QED) is 0.426. The SMILES string of the molecule is CCCCCC.[Ca+2].[H-].[H-].[N]. The maximum atomic E-state index is 2.23. The molecule has 0 fully saturated rings. The summed E-state index contributed by atoms with van der Waals surface area (Å²) >= 11 is 0. The first-order valence-electron chi connectivity index (χ1n) is 2.91. The maximum absolute atomic E-state index is 2.23. The summed E-state index contributed by atoms with van der Waals surface area (Å²) in [7, 11) is 0. The third kappa shape index (κ3) is 15.7. The van der Waals surface area contributed by atoms with Crippen LogP contribution < -0.4 is 6.15 Å². The average molecular weight is 142 g/mol. The molecule has 1 nitrogen and oxygen atoms in total. The van der Waals surface area contributed by atoms with Crippen molar-refractivity contribution in [2.75, 3.05) is 0 Å². The van der Waals surface area contributed by atoms with Crippen molar-refractivity contribution in [3.63, 3.8) is 0 Å². The van der Waals surface area contributed by atoms with Crippen LogP contribution in [0, 0.1) is 0 Å². The summed E-state index contributed by atoms with van der Waals surface area (Å²) in [6, 6.07) is 0.